The van der Waals surface area contributed by atoms with E-state index in [9.17, 15) is 9.18 Å². The van der Waals surface area contributed by atoms with Crippen LogP contribution in [0, 0.1) is 0 Å². The molecule has 0 bridgehead atoms. The Morgan fingerprint density at radius 3 is 3.19 bits per heavy atom. The highest BCUT2D eigenvalue weighted by Crippen LogP contribution is 2.24. The molecule has 2 aromatic rings. The summed E-state index contributed by atoms with van der Waals surface area (Å²) in [4.78, 5) is 13.2. The number of aryl methyl sites for hydroxylation is 1. The topological polar surface area (TPSA) is 59.0 Å². The summed E-state index contributed by atoms with van der Waals surface area (Å²) >= 11 is 1.61. The predicted molar refractivity (Wildman–Crippen MR) is 80.2 cm³/mol. The number of carbonyl (C=O) groups is 1. The van der Waals surface area contributed by atoms with Gasteiger partial charge >= 0.3 is 0 Å². The lowest BCUT2D eigenvalue weighted by Gasteiger charge is -2.09. The number of nitrogens with one attached hydrogen (secondary N) is 2. The number of amides is 1. The van der Waals surface area contributed by atoms with Crippen LogP contribution < -0.4 is 10.6 Å². The molecular formula is C14H17FN4OS. The van der Waals surface area contributed by atoms with Gasteiger partial charge in [-0.15, -0.1) is 11.3 Å². The van der Waals surface area contributed by atoms with E-state index in [2.05, 4.69) is 15.7 Å². The zero-order valence-electron chi connectivity index (χ0n) is 11.7. The minimum atomic E-state index is -0.813. The third-order valence-electron chi connectivity index (χ3n) is 3.56. The molecule has 0 radical (unpaired) electrons. The van der Waals surface area contributed by atoms with Crippen LogP contribution in [0.3, 0.4) is 0 Å². The van der Waals surface area contributed by atoms with Crippen LogP contribution in [-0.2, 0) is 7.05 Å². The van der Waals surface area contributed by atoms with Crippen LogP contribution in [-0.4, -0.2) is 41.0 Å². The maximum atomic E-state index is 13.0. The molecule has 0 aromatic carbocycles. The molecular weight excluding hydrogens is 291 g/mol. The van der Waals surface area contributed by atoms with Crippen LogP contribution >= 0.6 is 11.3 Å². The minimum Gasteiger partial charge on any atom is -0.349 e. The molecule has 0 spiro atoms. The maximum Gasteiger partial charge on any atom is 0.271 e. The van der Waals surface area contributed by atoms with E-state index in [0.29, 0.717) is 25.2 Å². The van der Waals surface area contributed by atoms with E-state index in [0.717, 1.165) is 10.6 Å². The molecule has 3 rings (SSSR count). The Morgan fingerprint density at radius 2 is 2.52 bits per heavy atom. The van der Waals surface area contributed by atoms with Gasteiger partial charge in [0.1, 0.15) is 6.17 Å². The van der Waals surface area contributed by atoms with Crippen molar-refractivity contribution in [1.29, 1.82) is 0 Å². The van der Waals surface area contributed by atoms with Gasteiger partial charge in [-0.1, -0.05) is 6.07 Å². The van der Waals surface area contributed by atoms with Crippen molar-refractivity contribution >= 4 is 17.2 Å². The Bertz CT molecular complexity index is 625. The first kappa shape index (κ1) is 14.2. The van der Waals surface area contributed by atoms with E-state index in [1.165, 1.54) is 0 Å². The number of rotatable bonds is 4. The standard InChI is InChI=1S/C14H17FN4OS/c1-19-12(13-3-2-4-21-13)6-11(18-19)14(20)17-8-10-5-9(15)7-16-10/h2-4,6,9-10,16H,5,7-8H2,1H3,(H,17,20). The van der Waals surface area contributed by atoms with Gasteiger partial charge in [0.2, 0.25) is 0 Å². The molecule has 1 aliphatic rings. The molecule has 21 heavy (non-hydrogen) atoms. The normalized spacial score (nSPS) is 21.6. The third kappa shape index (κ3) is 3.14. The van der Waals surface area contributed by atoms with Crippen LogP contribution in [0.15, 0.2) is 23.6 Å². The molecule has 2 atom stereocenters. The zero-order chi connectivity index (χ0) is 14.8. The highest BCUT2D eigenvalue weighted by Gasteiger charge is 2.24. The zero-order valence-corrected chi connectivity index (χ0v) is 12.5. The summed E-state index contributed by atoms with van der Waals surface area (Å²) in [6, 6.07) is 5.74. The summed E-state index contributed by atoms with van der Waals surface area (Å²) in [6.07, 6.45) is -0.365. The lowest BCUT2D eigenvalue weighted by atomic mass is 10.2. The SMILES string of the molecule is Cn1nc(C(=O)NCC2CC(F)CN2)cc1-c1cccs1. The van der Waals surface area contributed by atoms with Crippen molar-refractivity contribution in [2.24, 2.45) is 7.05 Å². The summed E-state index contributed by atoms with van der Waals surface area (Å²) in [5, 5.41) is 12.1. The van der Waals surface area contributed by atoms with E-state index >= 15 is 0 Å². The first-order valence-corrected chi connectivity index (χ1v) is 7.75. The number of carbonyl (C=O) groups excluding carboxylic acids is 1. The van der Waals surface area contributed by atoms with Crippen molar-refractivity contribution in [2.75, 3.05) is 13.1 Å². The number of halogens is 1. The van der Waals surface area contributed by atoms with E-state index in [1.54, 1.807) is 22.1 Å². The molecule has 1 aliphatic heterocycles. The van der Waals surface area contributed by atoms with Crippen molar-refractivity contribution in [3.05, 3.63) is 29.3 Å². The fourth-order valence-electron chi connectivity index (χ4n) is 2.47. The Balaban J connectivity index is 1.64. The minimum absolute atomic E-state index is 0.00410. The van der Waals surface area contributed by atoms with Gasteiger partial charge in [-0.2, -0.15) is 5.10 Å². The van der Waals surface area contributed by atoms with Crippen molar-refractivity contribution < 1.29 is 9.18 Å². The second-order valence-electron chi connectivity index (χ2n) is 5.16. The monoisotopic (exact) mass is 308 g/mol. The number of hydrogen-bond donors (Lipinski definition) is 2. The van der Waals surface area contributed by atoms with Gasteiger partial charge < -0.3 is 10.6 Å². The van der Waals surface area contributed by atoms with Gasteiger partial charge in [-0.3, -0.25) is 9.48 Å². The molecule has 1 saturated heterocycles. The van der Waals surface area contributed by atoms with Gasteiger partial charge in [0.05, 0.1) is 10.6 Å². The van der Waals surface area contributed by atoms with Crippen LogP contribution in [0.4, 0.5) is 4.39 Å². The van der Waals surface area contributed by atoms with Gasteiger partial charge in [-0.05, 0) is 23.9 Å². The third-order valence-corrected chi connectivity index (χ3v) is 4.46. The first-order valence-electron chi connectivity index (χ1n) is 6.87. The van der Waals surface area contributed by atoms with E-state index in [-0.39, 0.29) is 11.9 Å². The summed E-state index contributed by atoms with van der Waals surface area (Å²) in [5.74, 6) is -0.225. The molecule has 0 saturated carbocycles. The van der Waals surface area contributed by atoms with E-state index in [4.69, 9.17) is 0 Å². The summed E-state index contributed by atoms with van der Waals surface area (Å²) in [5.41, 5.74) is 1.30. The Kier molecular flexibility index (Phi) is 4.03. The fraction of sp³-hybridized carbons (Fsp3) is 0.429. The quantitative estimate of drug-likeness (QED) is 0.901. The maximum absolute atomic E-state index is 13.0. The van der Waals surface area contributed by atoms with Crippen molar-refractivity contribution in [1.82, 2.24) is 20.4 Å². The second-order valence-corrected chi connectivity index (χ2v) is 6.11. The number of nitrogens with zero attached hydrogens (tertiary/aromatic N) is 2. The molecule has 1 fully saturated rings. The molecule has 3 heterocycles. The highest BCUT2D eigenvalue weighted by atomic mass is 32.1. The number of thiophene rings is 1. The van der Waals surface area contributed by atoms with Crippen molar-refractivity contribution in [3.8, 4) is 10.6 Å². The van der Waals surface area contributed by atoms with Gasteiger partial charge in [0.15, 0.2) is 5.69 Å². The van der Waals surface area contributed by atoms with Crippen molar-refractivity contribution in [3.63, 3.8) is 0 Å². The average molecular weight is 308 g/mol. The Hall–Kier alpha value is -1.73. The summed E-state index contributed by atoms with van der Waals surface area (Å²) < 4.78 is 14.7. The molecule has 112 valence electrons. The summed E-state index contributed by atoms with van der Waals surface area (Å²) in [7, 11) is 1.82. The van der Waals surface area contributed by atoms with Crippen LogP contribution in [0.5, 0.6) is 0 Å². The van der Waals surface area contributed by atoms with E-state index < -0.39 is 6.17 Å². The molecule has 2 aromatic heterocycles. The average Bonchev–Trinajstić information content (AvgIpc) is 3.16. The largest absolute Gasteiger partial charge is 0.349 e. The lowest BCUT2D eigenvalue weighted by molar-refractivity contribution is 0.0944. The fourth-order valence-corrected chi connectivity index (χ4v) is 3.24. The lowest BCUT2D eigenvalue weighted by Crippen LogP contribution is -2.37. The predicted octanol–water partition coefficient (Wildman–Crippen LogP) is 1.58. The van der Waals surface area contributed by atoms with Crippen LogP contribution in [0.2, 0.25) is 0 Å². The van der Waals surface area contributed by atoms with Crippen LogP contribution in [0.1, 0.15) is 16.9 Å². The molecule has 7 heteroatoms. The number of alkyl halides is 1. The smallest absolute Gasteiger partial charge is 0.271 e. The molecule has 1 amide bonds. The Morgan fingerprint density at radius 1 is 1.67 bits per heavy atom. The van der Waals surface area contributed by atoms with Gasteiger partial charge in [-0.25, -0.2) is 4.39 Å². The summed E-state index contributed by atoms with van der Waals surface area (Å²) in [6.45, 7) is 0.789. The molecule has 0 aliphatic carbocycles. The Labute approximate surface area is 126 Å². The van der Waals surface area contributed by atoms with E-state index in [1.807, 2.05) is 24.6 Å². The number of aromatic nitrogens is 2. The molecule has 5 nitrogen and oxygen atoms in total. The van der Waals surface area contributed by atoms with Crippen LogP contribution in [0.25, 0.3) is 10.6 Å². The first-order chi connectivity index (χ1) is 10.1. The molecule has 2 N–H and O–H groups in total. The molecule has 2 unspecified atom stereocenters. The van der Waals surface area contributed by atoms with Gasteiger partial charge in [0.25, 0.3) is 5.91 Å². The highest BCUT2D eigenvalue weighted by molar-refractivity contribution is 7.13. The second kappa shape index (κ2) is 5.95. The number of hydrogen-bond acceptors (Lipinski definition) is 4. The van der Waals surface area contributed by atoms with Crippen molar-refractivity contribution in [2.45, 2.75) is 18.6 Å². The van der Waals surface area contributed by atoms with Gasteiger partial charge in [0, 0.05) is 26.2 Å².